The molecule has 4 fully saturated rings. The van der Waals surface area contributed by atoms with E-state index in [1.165, 1.54) is 57.8 Å². The molecule has 4 aliphatic carbocycles. The summed E-state index contributed by atoms with van der Waals surface area (Å²) in [5.74, 6) is 6.43. The van der Waals surface area contributed by atoms with E-state index in [1.807, 2.05) is 21.1 Å². The Morgan fingerprint density at radius 2 is 1.55 bits per heavy atom. The summed E-state index contributed by atoms with van der Waals surface area (Å²) in [4.78, 5) is 22.4. The van der Waals surface area contributed by atoms with Gasteiger partial charge in [-0.3, -0.25) is 9.05 Å². The van der Waals surface area contributed by atoms with Crippen molar-refractivity contribution >= 4 is 14.0 Å². The van der Waals surface area contributed by atoms with Crippen molar-refractivity contribution in [2.24, 2.45) is 58.2 Å². The van der Waals surface area contributed by atoms with Gasteiger partial charge in [0.05, 0.1) is 27.7 Å². The molecule has 0 amide bonds. The number of carbonyl (C=O) groups excluding carboxylic acids is 1. The van der Waals surface area contributed by atoms with Gasteiger partial charge >= 0.3 is 14.0 Å². The molecule has 0 aromatic rings. The maximum absolute atomic E-state index is 12.5. The van der Waals surface area contributed by atoms with Crippen molar-refractivity contribution < 1.29 is 42.7 Å². The Morgan fingerprint density at radius 1 is 0.894 bits per heavy atom. The molecule has 47 heavy (non-hydrogen) atoms. The maximum Gasteiger partial charge on any atom is 0.508 e. The minimum absolute atomic E-state index is 0. The van der Waals surface area contributed by atoms with E-state index in [2.05, 4.69) is 41.5 Å². The Labute approximate surface area is 286 Å². The van der Waals surface area contributed by atoms with Gasteiger partial charge in [-0.25, -0.2) is 9.36 Å². The van der Waals surface area contributed by atoms with E-state index >= 15 is 0 Å². The quantitative estimate of drug-likeness (QED) is 0.0784. The van der Waals surface area contributed by atoms with Crippen molar-refractivity contribution in [1.82, 2.24) is 0 Å². The number of rotatable bonds is 15. The predicted octanol–water partition coefficient (Wildman–Crippen LogP) is 8.93. The van der Waals surface area contributed by atoms with Gasteiger partial charge in [0.1, 0.15) is 25.9 Å². The lowest BCUT2D eigenvalue weighted by molar-refractivity contribution is -0.870. The van der Waals surface area contributed by atoms with Crippen LogP contribution in [0.3, 0.4) is 0 Å². The molecule has 0 saturated heterocycles. The van der Waals surface area contributed by atoms with Crippen LogP contribution in [0.15, 0.2) is 0 Å². The lowest BCUT2D eigenvalue weighted by Crippen LogP contribution is -2.54. The Balaban J connectivity index is 0.00000600. The van der Waals surface area contributed by atoms with Gasteiger partial charge < -0.3 is 24.3 Å². The van der Waals surface area contributed by atoms with Crippen molar-refractivity contribution in [3.8, 4) is 0 Å². The molecule has 0 bridgehead atoms. The number of fused-ring (bicyclic) bond motifs is 5. The van der Waals surface area contributed by atoms with E-state index in [-0.39, 0.29) is 31.4 Å². The summed E-state index contributed by atoms with van der Waals surface area (Å²) in [6, 6.07) is 0. The first-order valence-corrected chi connectivity index (χ1v) is 20.2. The number of carbonyl (C=O) groups is 1. The van der Waals surface area contributed by atoms with Crippen LogP contribution in [-0.4, -0.2) is 74.6 Å². The van der Waals surface area contributed by atoms with Crippen LogP contribution in [0.2, 0.25) is 0 Å². The van der Waals surface area contributed by atoms with Crippen molar-refractivity contribution in [2.75, 3.05) is 47.5 Å². The third-order valence-electron chi connectivity index (χ3n) is 13.7. The van der Waals surface area contributed by atoms with Crippen molar-refractivity contribution in [3.63, 3.8) is 0 Å². The molecule has 4 aliphatic rings. The number of nitrogens with zero attached hydrogens (tertiary/aromatic N) is 1. The molecule has 4 saturated carbocycles. The molecule has 0 aromatic carbocycles. The molecule has 9 nitrogen and oxygen atoms in total. The molecule has 0 aromatic heterocycles. The Kier molecular flexibility index (Phi) is 14.3. The van der Waals surface area contributed by atoms with E-state index in [9.17, 15) is 14.3 Å². The van der Waals surface area contributed by atoms with Crippen LogP contribution in [0.5, 0.6) is 0 Å². The molecular weight excluding hydrogens is 617 g/mol. The van der Waals surface area contributed by atoms with Crippen LogP contribution < -0.4 is 0 Å². The standard InChI is InChI=1S/C37H68NO7P.H2O/c1-10-28(26(2)3)12-11-27(4)32-15-16-33-31-14-13-29-25-30(17-19-36(29,5)34(31)18-20-37(32,33)6)45-35(39)42-23-24-44-46(40,41)43-22-21-38(7,8)9;/h26-34H,10-25H2,1-9H3;1H2/t27-,28-,29+,30+,31?,32-,33?,34?,36+,37-;/m1./s1. The molecule has 0 heterocycles. The average Bonchev–Trinajstić information content (AvgIpc) is 3.32. The summed E-state index contributed by atoms with van der Waals surface area (Å²) in [6.07, 6.45) is 14.3. The molecule has 10 heteroatoms. The third-order valence-corrected chi connectivity index (χ3v) is 14.7. The number of phosphoric ester groups is 1. The zero-order valence-corrected chi connectivity index (χ0v) is 32.1. The summed E-state index contributed by atoms with van der Waals surface area (Å²) >= 11 is 0. The lowest BCUT2D eigenvalue weighted by Gasteiger charge is -2.61. The molecule has 276 valence electrons. The Hall–Kier alpha value is -0.700. The molecular formula is C37H70NO8P. The number of ether oxygens (including phenoxy) is 2. The summed E-state index contributed by atoms with van der Waals surface area (Å²) in [7, 11) is 1.72. The minimum atomic E-state index is -4.18. The van der Waals surface area contributed by atoms with Crippen molar-refractivity contribution in [2.45, 2.75) is 125 Å². The second-order valence-corrected chi connectivity index (χ2v) is 19.1. The normalized spacial score (nSPS) is 36.2. The van der Waals surface area contributed by atoms with Crippen molar-refractivity contribution in [1.29, 1.82) is 0 Å². The Bertz CT molecular complexity index is 1050. The first kappa shape index (κ1) is 40.7. The van der Waals surface area contributed by atoms with Gasteiger partial charge in [0, 0.05) is 0 Å². The van der Waals surface area contributed by atoms with Crippen LogP contribution in [0.4, 0.5) is 4.79 Å². The average molecular weight is 688 g/mol. The smallest absolute Gasteiger partial charge is 0.508 e. The fraction of sp³-hybridized carbons (Fsp3) is 0.973. The third kappa shape index (κ3) is 9.97. The molecule has 0 spiro atoms. The predicted molar refractivity (Wildman–Crippen MR) is 185 cm³/mol. The minimum Gasteiger partial charge on any atom is -0.870 e. The van der Waals surface area contributed by atoms with Crippen LogP contribution in [0.25, 0.3) is 0 Å². The SMILES string of the molecule is CC[C@H](CC[C@@H](C)[C@H]1CCC2C3CC[C@H]4C[C@@H](OC(=O)OCCOP(=O)(O)OCC[N+](C)(C)C)CC[C@]4(C)C3CC[C@@]21C)C(C)C.[OH-]. The van der Waals surface area contributed by atoms with Gasteiger partial charge in [-0.2, -0.15) is 0 Å². The topological polar surface area (TPSA) is 121 Å². The van der Waals surface area contributed by atoms with E-state index in [0.29, 0.717) is 27.8 Å². The first-order chi connectivity index (χ1) is 21.5. The summed E-state index contributed by atoms with van der Waals surface area (Å²) in [6.45, 7) is 15.3. The Morgan fingerprint density at radius 3 is 2.21 bits per heavy atom. The van der Waals surface area contributed by atoms with Gasteiger partial charge in [-0.05, 0) is 122 Å². The molecule has 4 unspecified atom stereocenters. The highest BCUT2D eigenvalue weighted by Crippen LogP contribution is 2.68. The largest absolute Gasteiger partial charge is 0.870 e. The highest BCUT2D eigenvalue weighted by Gasteiger charge is 2.60. The summed E-state index contributed by atoms with van der Waals surface area (Å²) < 4.78 is 33.6. The molecule has 0 aliphatic heterocycles. The zero-order chi connectivity index (χ0) is 33.9. The van der Waals surface area contributed by atoms with Gasteiger partial charge in [0.15, 0.2) is 0 Å². The van der Waals surface area contributed by atoms with Crippen LogP contribution in [0.1, 0.15) is 119 Å². The van der Waals surface area contributed by atoms with Crippen molar-refractivity contribution in [3.05, 3.63) is 0 Å². The van der Waals surface area contributed by atoms with Gasteiger partial charge in [-0.1, -0.05) is 54.4 Å². The second kappa shape index (κ2) is 16.5. The highest BCUT2D eigenvalue weighted by atomic mass is 31.2. The van der Waals surface area contributed by atoms with Gasteiger partial charge in [0.2, 0.25) is 0 Å². The number of phosphoric acid groups is 1. The number of hydrogen-bond donors (Lipinski definition) is 1. The van der Waals surface area contributed by atoms with Gasteiger partial charge in [0.25, 0.3) is 0 Å². The lowest BCUT2D eigenvalue weighted by atomic mass is 9.44. The zero-order valence-electron chi connectivity index (χ0n) is 31.2. The summed E-state index contributed by atoms with van der Waals surface area (Å²) in [5.41, 5.74) is 0.823. The molecule has 0 radical (unpaired) electrons. The van der Waals surface area contributed by atoms with E-state index in [1.54, 1.807) is 0 Å². The van der Waals surface area contributed by atoms with E-state index in [4.69, 9.17) is 18.5 Å². The number of likely N-dealkylation sites (N-methyl/N-ethyl adjacent to an activating group) is 1. The monoisotopic (exact) mass is 687 g/mol. The molecule has 11 atom stereocenters. The molecule has 2 N–H and O–H groups in total. The molecule has 4 rings (SSSR count). The van der Waals surface area contributed by atoms with Crippen LogP contribution >= 0.6 is 7.82 Å². The fourth-order valence-electron chi connectivity index (χ4n) is 10.9. The summed E-state index contributed by atoms with van der Waals surface area (Å²) in [5, 5.41) is 0. The maximum atomic E-state index is 12.5. The number of quaternary nitrogens is 1. The first-order valence-electron chi connectivity index (χ1n) is 18.7. The fourth-order valence-corrected chi connectivity index (χ4v) is 11.6. The number of hydrogen-bond acceptors (Lipinski definition) is 7. The second-order valence-electron chi connectivity index (χ2n) is 17.6. The van der Waals surface area contributed by atoms with E-state index < -0.39 is 14.0 Å². The van der Waals surface area contributed by atoms with Crippen LogP contribution in [-0.2, 0) is 23.1 Å². The van der Waals surface area contributed by atoms with Crippen LogP contribution in [0, 0.1) is 58.2 Å². The highest BCUT2D eigenvalue weighted by molar-refractivity contribution is 7.47. The van der Waals surface area contributed by atoms with E-state index in [0.717, 1.165) is 60.7 Å². The van der Waals surface area contributed by atoms with Gasteiger partial charge in [-0.15, -0.1) is 0 Å².